The summed E-state index contributed by atoms with van der Waals surface area (Å²) in [6.07, 6.45) is 2.53. The van der Waals surface area contributed by atoms with E-state index < -0.39 is 11.7 Å². The number of para-hydroxylation sites is 1. The molecule has 150 valence electrons. The minimum atomic E-state index is -0.635. The Bertz CT molecular complexity index is 1020. The second-order valence-electron chi connectivity index (χ2n) is 7.69. The lowest BCUT2D eigenvalue weighted by Crippen LogP contribution is -2.41. The number of aryl methyl sites for hydroxylation is 2. The zero-order chi connectivity index (χ0) is 20.7. The van der Waals surface area contributed by atoms with Crippen molar-refractivity contribution in [2.45, 2.75) is 51.9 Å². The molecule has 1 unspecified atom stereocenters. The van der Waals surface area contributed by atoms with Crippen molar-refractivity contribution in [3.63, 3.8) is 0 Å². The summed E-state index contributed by atoms with van der Waals surface area (Å²) in [5, 5.41) is 0.256. The van der Waals surface area contributed by atoms with Crippen molar-refractivity contribution in [3.8, 4) is 0 Å². The largest absolute Gasteiger partial charge is 0.294 e. The Morgan fingerprint density at radius 1 is 1.14 bits per heavy atom. The predicted molar refractivity (Wildman–Crippen MR) is 113 cm³/mol. The van der Waals surface area contributed by atoms with Crippen molar-refractivity contribution in [1.82, 2.24) is 0 Å². The highest BCUT2D eigenvalue weighted by Gasteiger charge is 2.42. The average molecular weight is 412 g/mol. The monoisotopic (exact) mass is 411 g/mol. The number of ketones is 1. The number of hydrogen-bond acceptors (Lipinski definition) is 2. The Balaban J connectivity index is 1.96. The van der Waals surface area contributed by atoms with Crippen LogP contribution in [0.5, 0.6) is 0 Å². The van der Waals surface area contributed by atoms with Gasteiger partial charge in [0, 0.05) is 40.6 Å². The van der Waals surface area contributed by atoms with Gasteiger partial charge in [0.1, 0.15) is 5.82 Å². The Hall–Kier alpha value is -2.46. The first kappa shape index (κ1) is 19.8. The number of anilines is 1. The molecular weight excluding hydrogens is 389 g/mol. The van der Waals surface area contributed by atoms with Gasteiger partial charge in [-0.1, -0.05) is 42.8 Å². The van der Waals surface area contributed by atoms with Crippen LogP contribution < -0.4 is 4.90 Å². The van der Waals surface area contributed by atoms with Gasteiger partial charge < -0.3 is 0 Å². The van der Waals surface area contributed by atoms with Crippen LogP contribution in [0.15, 0.2) is 47.7 Å². The Morgan fingerprint density at radius 2 is 1.90 bits per heavy atom. The molecule has 0 saturated carbocycles. The summed E-state index contributed by atoms with van der Waals surface area (Å²) < 4.78 is 14.7. The van der Waals surface area contributed by atoms with Crippen molar-refractivity contribution in [2.75, 3.05) is 4.90 Å². The quantitative estimate of drug-likeness (QED) is 0.632. The third-order valence-corrected chi connectivity index (χ3v) is 6.28. The molecule has 1 aliphatic heterocycles. The highest BCUT2D eigenvalue weighted by atomic mass is 35.5. The molecule has 1 aliphatic carbocycles. The van der Waals surface area contributed by atoms with Gasteiger partial charge in [0.25, 0.3) is 0 Å². The normalized spacial score (nSPS) is 19.6. The number of hydrogen-bond donors (Lipinski definition) is 0. The molecule has 0 radical (unpaired) electrons. The van der Waals surface area contributed by atoms with Crippen LogP contribution in [0.25, 0.3) is 0 Å². The Labute approximate surface area is 175 Å². The van der Waals surface area contributed by atoms with E-state index in [9.17, 15) is 14.0 Å². The molecule has 0 spiro atoms. The molecule has 0 fully saturated rings. The van der Waals surface area contributed by atoms with Gasteiger partial charge >= 0.3 is 0 Å². The van der Waals surface area contributed by atoms with E-state index in [1.165, 1.54) is 12.1 Å². The molecule has 0 N–H and O–H groups in total. The van der Waals surface area contributed by atoms with Gasteiger partial charge in [0.05, 0.1) is 5.69 Å². The van der Waals surface area contributed by atoms with Gasteiger partial charge in [-0.25, -0.2) is 4.39 Å². The summed E-state index contributed by atoms with van der Waals surface area (Å²) >= 11 is 6.32. The van der Waals surface area contributed by atoms with E-state index in [-0.39, 0.29) is 28.7 Å². The highest BCUT2D eigenvalue weighted by molar-refractivity contribution is 6.31. The van der Waals surface area contributed by atoms with Crippen molar-refractivity contribution in [2.24, 2.45) is 0 Å². The second kappa shape index (κ2) is 7.75. The number of allylic oxidation sites excluding steroid dienone is 2. The average Bonchev–Trinajstić information content (AvgIpc) is 2.68. The third-order valence-electron chi connectivity index (χ3n) is 5.95. The fraction of sp³-hybridized carbons (Fsp3) is 0.333. The minimum Gasteiger partial charge on any atom is -0.294 e. The number of nitrogens with zero attached hydrogens (tertiary/aromatic N) is 1. The van der Waals surface area contributed by atoms with Crippen molar-refractivity contribution in [3.05, 3.63) is 75.2 Å². The topological polar surface area (TPSA) is 37.4 Å². The number of amides is 1. The minimum absolute atomic E-state index is 0.0142. The van der Waals surface area contributed by atoms with Crippen LogP contribution in [-0.4, -0.2) is 11.7 Å². The maximum atomic E-state index is 14.7. The summed E-state index contributed by atoms with van der Waals surface area (Å²) in [6, 6.07) is 10.5. The summed E-state index contributed by atoms with van der Waals surface area (Å²) in [6.45, 7) is 4.03. The van der Waals surface area contributed by atoms with Gasteiger partial charge in [-0.2, -0.15) is 0 Å². The van der Waals surface area contributed by atoms with Gasteiger partial charge in [0.15, 0.2) is 5.78 Å². The molecule has 3 nitrogen and oxygen atoms in total. The Morgan fingerprint density at radius 3 is 2.62 bits per heavy atom. The highest BCUT2D eigenvalue weighted by Crippen LogP contribution is 2.46. The first-order chi connectivity index (χ1) is 13.9. The summed E-state index contributed by atoms with van der Waals surface area (Å²) in [7, 11) is 0. The van der Waals surface area contributed by atoms with E-state index in [0.717, 1.165) is 23.2 Å². The standard InChI is InChI=1S/C24H23ClFNO2/c1-3-15-8-4-7-14(2)24(15)27-19-11-6-12-20(28)23(19)16(13-21(27)29)22-17(25)9-5-10-18(22)26/h4-5,7-10,16H,3,6,11-13H2,1-2H3. The Kier molecular flexibility index (Phi) is 5.30. The molecule has 2 aromatic rings. The lowest BCUT2D eigenvalue weighted by Gasteiger charge is -2.39. The second-order valence-corrected chi connectivity index (χ2v) is 8.10. The molecule has 1 atom stereocenters. The van der Waals surface area contributed by atoms with Crippen LogP contribution in [0.4, 0.5) is 10.1 Å². The first-order valence-corrected chi connectivity index (χ1v) is 10.4. The van der Waals surface area contributed by atoms with Crippen molar-refractivity contribution < 1.29 is 14.0 Å². The summed E-state index contributed by atoms with van der Waals surface area (Å²) in [4.78, 5) is 28.1. The molecule has 4 rings (SSSR count). The lowest BCUT2D eigenvalue weighted by atomic mass is 9.76. The van der Waals surface area contributed by atoms with Gasteiger partial charge in [-0.15, -0.1) is 0 Å². The molecule has 0 aromatic heterocycles. The molecular formula is C24H23ClFNO2. The molecule has 2 aromatic carbocycles. The fourth-order valence-electron chi connectivity index (χ4n) is 4.67. The van der Waals surface area contributed by atoms with Crippen LogP contribution >= 0.6 is 11.6 Å². The van der Waals surface area contributed by atoms with E-state index in [4.69, 9.17) is 11.6 Å². The maximum absolute atomic E-state index is 14.7. The van der Waals surface area contributed by atoms with E-state index in [1.807, 2.05) is 25.1 Å². The molecule has 29 heavy (non-hydrogen) atoms. The van der Waals surface area contributed by atoms with Crippen LogP contribution in [0.2, 0.25) is 5.02 Å². The van der Waals surface area contributed by atoms with Crippen molar-refractivity contribution >= 4 is 29.0 Å². The van der Waals surface area contributed by atoms with Gasteiger partial charge in [-0.3, -0.25) is 14.5 Å². The molecule has 0 saturated heterocycles. The zero-order valence-corrected chi connectivity index (χ0v) is 17.4. The lowest BCUT2D eigenvalue weighted by molar-refractivity contribution is -0.120. The van der Waals surface area contributed by atoms with Crippen LogP contribution in [-0.2, 0) is 16.0 Å². The van der Waals surface area contributed by atoms with Crippen LogP contribution in [0, 0.1) is 12.7 Å². The van der Waals surface area contributed by atoms with Gasteiger partial charge in [0.2, 0.25) is 5.91 Å². The van der Waals surface area contributed by atoms with E-state index in [2.05, 4.69) is 6.92 Å². The number of benzene rings is 2. The van der Waals surface area contributed by atoms with E-state index in [1.54, 1.807) is 11.0 Å². The molecule has 0 bridgehead atoms. The van der Waals surface area contributed by atoms with Crippen LogP contribution in [0.1, 0.15) is 55.2 Å². The molecule has 1 amide bonds. The molecule has 5 heteroatoms. The molecule has 1 heterocycles. The number of carbonyl (C=O) groups is 2. The maximum Gasteiger partial charge on any atom is 0.232 e. The van der Waals surface area contributed by atoms with Crippen molar-refractivity contribution in [1.29, 1.82) is 0 Å². The fourth-order valence-corrected chi connectivity index (χ4v) is 4.96. The SMILES string of the molecule is CCc1cccc(C)c1N1C(=O)CC(c2c(F)cccc2Cl)C2=C1CCCC2=O. The number of carbonyl (C=O) groups excluding carboxylic acids is 2. The van der Waals surface area contributed by atoms with Gasteiger partial charge in [-0.05, 0) is 49.4 Å². The zero-order valence-electron chi connectivity index (χ0n) is 16.6. The predicted octanol–water partition coefficient (Wildman–Crippen LogP) is 5.88. The number of halogens is 2. The van der Waals surface area contributed by atoms with E-state index >= 15 is 0 Å². The number of Topliss-reactive ketones (excluding diaryl/α,β-unsaturated/α-hetero) is 1. The summed E-state index contributed by atoms with van der Waals surface area (Å²) in [5.74, 6) is -1.24. The van der Waals surface area contributed by atoms with E-state index in [0.29, 0.717) is 30.5 Å². The van der Waals surface area contributed by atoms with Crippen LogP contribution in [0.3, 0.4) is 0 Å². The number of rotatable bonds is 3. The first-order valence-electron chi connectivity index (χ1n) is 10.1. The molecule has 2 aliphatic rings. The smallest absolute Gasteiger partial charge is 0.232 e. The summed E-state index contributed by atoms with van der Waals surface area (Å²) in [5.41, 5.74) is 4.43. The third kappa shape index (κ3) is 3.29.